The molecule has 0 aliphatic heterocycles. The first-order valence-corrected chi connectivity index (χ1v) is 6.73. The Bertz CT molecular complexity index is 496. The van der Waals surface area contributed by atoms with Gasteiger partial charge in [-0.1, -0.05) is 40.2 Å². The van der Waals surface area contributed by atoms with E-state index < -0.39 is 0 Å². The van der Waals surface area contributed by atoms with Crippen molar-refractivity contribution in [2.24, 2.45) is 0 Å². The Morgan fingerprint density at radius 3 is 2.50 bits per heavy atom. The molecule has 0 unspecified atom stereocenters. The van der Waals surface area contributed by atoms with E-state index in [-0.39, 0.29) is 5.82 Å². The van der Waals surface area contributed by atoms with Crippen LogP contribution in [0.3, 0.4) is 0 Å². The van der Waals surface area contributed by atoms with Crippen LogP contribution in [0.2, 0.25) is 0 Å². The van der Waals surface area contributed by atoms with Gasteiger partial charge in [-0.2, -0.15) is 0 Å². The Kier molecular flexibility index (Phi) is 4.90. The lowest BCUT2D eigenvalue weighted by Gasteiger charge is -2.05. The monoisotopic (exact) mass is 307 g/mol. The van der Waals surface area contributed by atoms with E-state index in [9.17, 15) is 4.39 Å². The summed E-state index contributed by atoms with van der Waals surface area (Å²) < 4.78 is 14.0. The van der Waals surface area contributed by atoms with Crippen molar-refractivity contribution in [3.05, 3.63) is 69.9 Å². The summed E-state index contributed by atoms with van der Waals surface area (Å²) in [5.41, 5.74) is 2.27. The average Bonchev–Trinajstić information content (AvgIpc) is 2.37. The summed E-state index contributed by atoms with van der Waals surface area (Å²) in [6.07, 6.45) is 0.842. The minimum Gasteiger partial charge on any atom is -0.312 e. The molecule has 0 aliphatic carbocycles. The first-order chi connectivity index (χ1) is 8.74. The van der Waals surface area contributed by atoms with Crippen molar-refractivity contribution in [2.75, 3.05) is 6.54 Å². The van der Waals surface area contributed by atoms with Crippen LogP contribution >= 0.6 is 15.9 Å². The maximum Gasteiger partial charge on any atom is 0.123 e. The topological polar surface area (TPSA) is 12.0 Å². The molecular weight excluding hydrogens is 293 g/mol. The summed E-state index contributed by atoms with van der Waals surface area (Å²) in [6.45, 7) is 1.68. The van der Waals surface area contributed by atoms with Crippen molar-refractivity contribution in [3.8, 4) is 0 Å². The van der Waals surface area contributed by atoms with Crippen LogP contribution in [0.15, 0.2) is 53.0 Å². The highest BCUT2D eigenvalue weighted by Gasteiger charge is 1.96. The van der Waals surface area contributed by atoms with Crippen LogP contribution < -0.4 is 5.32 Å². The fourth-order valence-electron chi connectivity index (χ4n) is 1.76. The molecule has 0 saturated carbocycles. The molecule has 94 valence electrons. The lowest BCUT2D eigenvalue weighted by molar-refractivity contribution is 0.622. The Balaban J connectivity index is 1.74. The molecule has 0 fully saturated rings. The number of hydrogen-bond acceptors (Lipinski definition) is 1. The van der Waals surface area contributed by atoms with Gasteiger partial charge in [0.1, 0.15) is 5.82 Å². The number of rotatable bonds is 5. The summed E-state index contributed by atoms with van der Waals surface area (Å²) in [5, 5.41) is 3.35. The zero-order valence-electron chi connectivity index (χ0n) is 10.00. The highest BCUT2D eigenvalue weighted by atomic mass is 79.9. The summed E-state index contributed by atoms with van der Waals surface area (Å²) in [6, 6.07) is 15.0. The van der Waals surface area contributed by atoms with Crippen LogP contribution in [0.1, 0.15) is 11.1 Å². The van der Waals surface area contributed by atoms with Crippen LogP contribution in [0.5, 0.6) is 0 Å². The standard InChI is InChI=1S/C15H15BrFN/c16-14-6-4-13(5-7-14)11-18-9-8-12-2-1-3-15(17)10-12/h1-7,10,18H,8-9,11H2. The minimum atomic E-state index is -0.166. The average molecular weight is 308 g/mol. The first-order valence-electron chi connectivity index (χ1n) is 5.93. The molecule has 0 radical (unpaired) electrons. The maximum absolute atomic E-state index is 13.0. The van der Waals surface area contributed by atoms with Gasteiger partial charge in [0.05, 0.1) is 0 Å². The molecule has 0 atom stereocenters. The number of halogens is 2. The fourth-order valence-corrected chi connectivity index (χ4v) is 2.02. The van der Waals surface area contributed by atoms with E-state index in [1.165, 1.54) is 11.6 Å². The smallest absolute Gasteiger partial charge is 0.123 e. The van der Waals surface area contributed by atoms with Gasteiger partial charge in [0.2, 0.25) is 0 Å². The molecule has 0 saturated heterocycles. The van der Waals surface area contributed by atoms with E-state index >= 15 is 0 Å². The summed E-state index contributed by atoms with van der Waals surface area (Å²) >= 11 is 3.41. The summed E-state index contributed by atoms with van der Waals surface area (Å²) in [7, 11) is 0. The second-order valence-corrected chi connectivity index (χ2v) is 5.10. The molecular formula is C15H15BrFN. The molecule has 0 aromatic heterocycles. The number of benzene rings is 2. The van der Waals surface area contributed by atoms with Crippen LogP contribution in [0.25, 0.3) is 0 Å². The first kappa shape index (κ1) is 13.2. The van der Waals surface area contributed by atoms with Gasteiger partial charge in [-0.25, -0.2) is 4.39 Å². The van der Waals surface area contributed by atoms with Gasteiger partial charge in [-0.3, -0.25) is 0 Å². The molecule has 0 bridgehead atoms. The lowest BCUT2D eigenvalue weighted by Crippen LogP contribution is -2.16. The normalized spacial score (nSPS) is 10.6. The number of hydrogen-bond donors (Lipinski definition) is 1. The third-order valence-electron chi connectivity index (χ3n) is 2.72. The van der Waals surface area contributed by atoms with Crippen molar-refractivity contribution in [2.45, 2.75) is 13.0 Å². The molecule has 3 heteroatoms. The van der Waals surface area contributed by atoms with Crippen molar-refractivity contribution in [3.63, 3.8) is 0 Å². The Morgan fingerprint density at radius 2 is 1.78 bits per heavy atom. The van der Waals surface area contributed by atoms with Crippen LogP contribution in [0, 0.1) is 5.82 Å². The van der Waals surface area contributed by atoms with Gasteiger partial charge in [-0.15, -0.1) is 0 Å². The lowest BCUT2D eigenvalue weighted by atomic mass is 10.1. The van der Waals surface area contributed by atoms with Gasteiger partial charge in [-0.05, 0) is 48.4 Å². The molecule has 2 aromatic carbocycles. The molecule has 2 aromatic rings. The molecule has 0 heterocycles. The van der Waals surface area contributed by atoms with E-state index in [1.807, 2.05) is 18.2 Å². The molecule has 1 nitrogen and oxygen atoms in total. The van der Waals surface area contributed by atoms with Gasteiger partial charge < -0.3 is 5.32 Å². The van der Waals surface area contributed by atoms with Crippen molar-refractivity contribution in [1.29, 1.82) is 0 Å². The Labute approximate surface area is 115 Å². The molecule has 18 heavy (non-hydrogen) atoms. The predicted molar refractivity (Wildman–Crippen MR) is 76.0 cm³/mol. The zero-order chi connectivity index (χ0) is 12.8. The molecule has 0 amide bonds. The SMILES string of the molecule is Fc1cccc(CCNCc2ccc(Br)cc2)c1. The second kappa shape index (κ2) is 6.66. The summed E-state index contributed by atoms with van der Waals surface area (Å²) in [5.74, 6) is -0.166. The molecule has 0 aliphatic rings. The van der Waals surface area contributed by atoms with E-state index in [4.69, 9.17) is 0 Å². The quantitative estimate of drug-likeness (QED) is 0.826. The van der Waals surface area contributed by atoms with Crippen LogP contribution in [0.4, 0.5) is 4.39 Å². The third-order valence-corrected chi connectivity index (χ3v) is 3.25. The van der Waals surface area contributed by atoms with E-state index in [2.05, 4.69) is 33.4 Å². The zero-order valence-corrected chi connectivity index (χ0v) is 11.6. The third kappa shape index (κ3) is 4.24. The highest BCUT2D eigenvalue weighted by Crippen LogP contribution is 2.10. The van der Waals surface area contributed by atoms with Crippen molar-refractivity contribution in [1.82, 2.24) is 5.32 Å². The second-order valence-electron chi connectivity index (χ2n) is 4.18. The number of nitrogens with one attached hydrogen (secondary N) is 1. The maximum atomic E-state index is 13.0. The van der Waals surface area contributed by atoms with Gasteiger partial charge in [0, 0.05) is 11.0 Å². The molecule has 1 N–H and O–H groups in total. The van der Waals surface area contributed by atoms with E-state index in [0.29, 0.717) is 0 Å². The van der Waals surface area contributed by atoms with Crippen LogP contribution in [-0.4, -0.2) is 6.54 Å². The molecule has 2 rings (SSSR count). The van der Waals surface area contributed by atoms with Crippen LogP contribution in [-0.2, 0) is 13.0 Å². The Hall–Kier alpha value is -1.19. The largest absolute Gasteiger partial charge is 0.312 e. The van der Waals surface area contributed by atoms with Gasteiger partial charge >= 0.3 is 0 Å². The van der Waals surface area contributed by atoms with E-state index in [1.54, 1.807) is 12.1 Å². The van der Waals surface area contributed by atoms with Gasteiger partial charge in [0.15, 0.2) is 0 Å². The van der Waals surface area contributed by atoms with Crippen molar-refractivity contribution >= 4 is 15.9 Å². The van der Waals surface area contributed by atoms with Crippen molar-refractivity contribution < 1.29 is 4.39 Å². The summed E-state index contributed by atoms with van der Waals surface area (Å²) in [4.78, 5) is 0. The fraction of sp³-hybridized carbons (Fsp3) is 0.200. The molecule has 0 spiro atoms. The highest BCUT2D eigenvalue weighted by molar-refractivity contribution is 9.10. The predicted octanol–water partition coefficient (Wildman–Crippen LogP) is 3.92. The van der Waals surface area contributed by atoms with Gasteiger partial charge in [0.25, 0.3) is 0 Å². The minimum absolute atomic E-state index is 0.166. The Morgan fingerprint density at radius 1 is 1.00 bits per heavy atom. The van der Waals surface area contributed by atoms with E-state index in [0.717, 1.165) is 29.5 Å².